The number of halogens is 1. The van der Waals surface area contributed by atoms with Gasteiger partial charge in [-0.25, -0.2) is 13.1 Å². The van der Waals surface area contributed by atoms with E-state index in [1.54, 1.807) is 37.1 Å². The number of benzene rings is 1. The van der Waals surface area contributed by atoms with E-state index >= 15 is 0 Å². The van der Waals surface area contributed by atoms with Gasteiger partial charge in [0.15, 0.2) is 0 Å². The summed E-state index contributed by atoms with van der Waals surface area (Å²) in [6.07, 6.45) is 0.913. The predicted octanol–water partition coefficient (Wildman–Crippen LogP) is 1.66. The first-order valence-electron chi connectivity index (χ1n) is 6.32. The molecular weight excluding hydrogens is 344 g/mol. The number of amides is 1. The Hall–Kier alpha value is -0.920. The quantitative estimate of drug-likeness (QED) is 0.891. The van der Waals surface area contributed by atoms with Gasteiger partial charge < -0.3 is 4.90 Å². The number of rotatable bonds is 3. The fraction of sp³-hybridized carbons (Fsp3) is 0.462. The molecule has 0 aliphatic carbocycles. The summed E-state index contributed by atoms with van der Waals surface area (Å²) in [6, 6.07) is 4.92. The lowest BCUT2D eigenvalue weighted by molar-refractivity contribution is -0.132. The van der Waals surface area contributed by atoms with Crippen LogP contribution in [0.1, 0.15) is 18.4 Å². The van der Waals surface area contributed by atoms with Crippen LogP contribution in [-0.4, -0.2) is 38.9 Å². The number of carbonyl (C=O) groups is 1. The molecule has 1 N–H and O–H groups in total. The van der Waals surface area contributed by atoms with Crippen molar-refractivity contribution in [3.05, 3.63) is 28.2 Å². The zero-order chi connectivity index (χ0) is 14.9. The van der Waals surface area contributed by atoms with Crippen molar-refractivity contribution in [3.63, 3.8) is 0 Å². The van der Waals surface area contributed by atoms with Gasteiger partial charge >= 0.3 is 0 Å². The number of aryl methyl sites for hydroxylation is 1. The number of carbonyl (C=O) groups excluding carboxylic acids is 1. The summed E-state index contributed by atoms with van der Waals surface area (Å²) in [5.74, 6) is 0.0547. The Balaban J connectivity index is 2.19. The first-order valence-corrected chi connectivity index (χ1v) is 8.59. The topological polar surface area (TPSA) is 66.5 Å². The van der Waals surface area contributed by atoms with Crippen molar-refractivity contribution in [1.82, 2.24) is 9.62 Å². The molecule has 0 saturated carbocycles. The number of likely N-dealkylation sites (N-methyl/N-ethyl adjacent to an activating group) is 1. The summed E-state index contributed by atoms with van der Waals surface area (Å²) >= 11 is 3.29. The summed E-state index contributed by atoms with van der Waals surface area (Å²) in [4.78, 5) is 13.2. The van der Waals surface area contributed by atoms with Gasteiger partial charge in [0.25, 0.3) is 0 Å². The molecule has 1 aliphatic rings. The molecule has 1 atom stereocenters. The minimum absolute atomic E-state index is 0.0547. The van der Waals surface area contributed by atoms with Crippen LogP contribution in [0, 0.1) is 6.92 Å². The molecule has 0 aromatic heterocycles. The molecule has 0 bridgehead atoms. The summed E-state index contributed by atoms with van der Waals surface area (Å²) in [6.45, 7) is 2.17. The average Bonchev–Trinajstić information content (AvgIpc) is 2.36. The summed E-state index contributed by atoms with van der Waals surface area (Å²) in [7, 11) is -1.88. The molecule has 20 heavy (non-hydrogen) atoms. The number of hydrogen-bond acceptors (Lipinski definition) is 3. The average molecular weight is 361 g/mol. The minimum atomic E-state index is -3.57. The van der Waals surface area contributed by atoms with E-state index in [-0.39, 0.29) is 16.8 Å². The highest BCUT2D eigenvalue weighted by Crippen LogP contribution is 2.21. The van der Waals surface area contributed by atoms with Crippen molar-refractivity contribution >= 4 is 31.9 Å². The molecule has 0 radical (unpaired) electrons. The first-order chi connectivity index (χ1) is 9.29. The molecule has 1 aromatic carbocycles. The highest BCUT2D eigenvalue weighted by atomic mass is 79.9. The smallest absolute Gasteiger partial charge is 0.241 e. The van der Waals surface area contributed by atoms with Gasteiger partial charge in [-0.15, -0.1) is 0 Å². The van der Waals surface area contributed by atoms with Crippen LogP contribution in [0.5, 0.6) is 0 Å². The molecule has 5 nitrogen and oxygen atoms in total. The monoisotopic (exact) mass is 360 g/mol. The molecule has 2 rings (SSSR count). The molecule has 1 unspecified atom stereocenters. The van der Waals surface area contributed by atoms with Gasteiger partial charge in [-0.1, -0.05) is 22.0 Å². The second kappa shape index (κ2) is 5.83. The molecule has 1 heterocycles. The third kappa shape index (κ3) is 3.39. The normalized spacial score (nSPS) is 20.2. The fourth-order valence-corrected chi connectivity index (χ4v) is 4.30. The van der Waals surface area contributed by atoms with Crippen LogP contribution < -0.4 is 4.72 Å². The van der Waals surface area contributed by atoms with Crippen LogP contribution in [-0.2, 0) is 14.8 Å². The number of hydrogen-bond donors (Lipinski definition) is 1. The van der Waals surface area contributed by atoms with Crippen molar-refractivity contribution < 1.29 is 13.2 Å². The van der Waals surface area contributed by atoms with E-state index in [2.05, 4.69) is 20.7 Å². The van der Waals surface area contributed by atoms with E-state index in [0.717, 1.165) is 4.47 Å². The van der Waals surface area contributed by atoms with Gasteiger partial charge in [0.2, 0.25) is 15.9 Å². The van der Waals surface area contributed by atoms with Gasteiger partial charge in [0, 0.05) is 30.5 Å². The second-order valence-corrected chi connectivity index (χ2v) is 7.64. The maximum Gasteiger partial charge on any atom is 0.241 e. The Bertz CT molecular complexity index is 631. The van der Waals surface area contributed by atoms with E-state index in [4.69, 9.17) is 0 Å². The van der Waals surface area contributed by atoms with Crippen molar-refractivity contribution in [3.8, 4) is 0 Å². The molecule has 1 aromatic rings. The lowest BCUT2D eigenvalue weighted by atomic mass is 10.1. The van der Waals surface area contributed by atoms with Crippen LogP contribution in [0.15, 0.2) is 27.6 Å². The van der Waals surface area contributed by atoms with Crippen LogP contribution in [0.4, 0.5) is 0 Å². The minimum Gasteiger partial charge on any atom is -0.344 e. The maximum absolute atomic E-state index is 12.4. The third-order valence-corrected chi connectivity index (χ3v) is 5.54. The Labute approximate surface area is 127 Å². The number of sulfonamides is 1. The van der Waals surface area contributed by atoms with E-state index in [0.29, 0.717) is 24.9 Å². The summed E-state index contributed by atoms with van der Waals surface area (Å²) < 4.78 is 28.3. The van der Waals surface area contributed by atoms with E-state index < -0.39 is 10.0 Å². The lowest BCUT2D eigenvalue weighted by Gasteiger charge is -2.30. The second-order valence-electron chi connectivity index (χ2n) is 5.04. The molecule has 7 heteroatoms. The number of nitrogens with zero attached hydrogens (tertiary/aromatic N) is 1. The zero-order valence-electron chi connectivity index (χ0n) is 11.4. The van der Waals surface area contributed by atoms with Gasteiger partial charge in [0.05, 0.1) is 4.90 Å². The molecule has 1 amide bonds. The molecule has 110 valence electrons. The van der Waals surface area contributed by atoms with Crippen molar-refractivity contribution in [2.24, 2.45) is 0 Å². The zero-order valence-corrected chi connectivity index (χ0v) is 13.8. The van der Waals surface area contributed by atoms with Crippen molar-refractivity contribution in [1.29, 1.82) is 0 Å². The van der Waals surface area contributed by atoms with Crippen LogP contribution in [0.25, 0.3) is 0 Å². The van der Waals surface area contributed by atoms with Crippen LogP contribution in [0.3, 0.4) is 0 Å². The highest BCUT2D eigenvalue weighted by Gasteiger charge is 2.27. The number of likely N-dealkylation sites (tertiary alicyclic amines) is 1. The predicted molar refractivity (Wildman–Crippen MR) is 79.9 cm³/mol. The van der Waals surface area contributed by atoms with Gasteiger partial charge in [-0.2, -0.15) is 0 Å². The lowest BCUT2D eigenvalue weighted by Crippen LogP contribution is -2.48. The maximum atomic E-state index is 12.4. The fourth-order valence-electron chi connectivity index (χ4n) is 2.25. The first kappa shape index (κ1) is 15.5. The molecule has 1 fully saturated rings. The summed E-state index contributed by atoms with van der Waals surface area (Å²) in [5.41, 5.74) is 0.695. The van der Waals surface area contributed by atoms with Gasteiger partial charge in [-0.05, 0) is 31.0 Å². The van der Waals surface area contributed by atoms with Crippen molar-refractivity contribution in [2.45, 2.75) is 30.7 Å². The van der Waals surface area contributed by atoms with E-state index in [9.17, 15) is 13.2 Å². The highest BCUT2D eigenvalue weighted by molar-refractivity contribution is 9.10. The Morgan fingerprint density at radius 1 is 1.40 bits per heavy atom. The molecule has 1 aliphatic heterocycles. The van der Waals surface area contributed by atoms with E-state index in [1.165, 1.54) is 0 Å². The van der Waals surface area contributed by atoms with Crippen molar-refractivity contribution in [2.75, 3.05) is 13.6 Å². The summed E-state index contributed by atoms with van der Waals surface area (Å²) in [5, 5.41) is 0. The van der Waals surface area contributed by atoms with Gasteiger partial charge in [0.1, 0.15) is 0 Å². The van der Waals surface area contributed by atoms with Crippen LogP contribution in [0.2, 0.25) is 0 Å². The number of piperidine rings is 1. The SMILES string of the molecule is Cc1ccc(Br)cc1S(=O)(=O)NC1CCC(=O)N(C)C1. The largest absolute Gasteiger partial charge is 0.344 e. The Kier molecular flexibility index (Phi) is 4.51. The van der Waals surface area contributed by atoms with Gasteiger partial charge in [-0.3, -0.25) is 4.79 Å². The third-order valence-electron chi connectivity index (χ3n) is 3.39. The molecular formula is C13H17BrN2O3S. The van der Waals surface area contributed by atoms with E-state index in [1.807, 2.05) is 0 Å². The Morgan fingerprint density at radius 3 is 2.75 bits per heavy atom. The number of nitrogens with one attached hydrogen (secondary N) is 1. The molecule has 0 spiro atoms. The van der Waals surface area contributed by atoms with Crippen LogP contribution >= 0.6 is 15.9 Å². The molecule has 1 saturated heterocycles. The Morgan fingerprint density at radius 2 is 2.10 bits per heavy atom. The standard InChI is InChI=1S/C13H17BrN2O3S/c1-9-3-4-10(14)7-12(9)20(18,19)15-11-5-6-13(17)16(2)8-11/h3-4,7,11,15H,5-6,8H2,1-2H3.